The molecule has 0 spiro atoms. The fourth-order valence-corrected chi connectivity index (χ4v) is 2.64. The maximum Gasteiger partial charge on any atom is 0.335 e. The van der Waals surface area contributed by atoms with Crippen LogP contribution in [-0.2, 0) is 4.79 Å². The summed E-state index contributed by atoms with van der Waals surface area (Å²) in [7, 11) is 0. The van der Waals surface area contributed by atoms with Gasteiger partial charge in [-0.1, -0.05) is 37.7 Å². The molecule has 4 nitrogen and oxygen atoms in total. The summed E-state index contributed by atoms with van der Waals surface area (Å²) in [6, 6.07) is 5.17. The van der Waals surface area contributed by atoms with E-state index in [0.29, 0.717) is 16.4 Å². The predicted molar refractivity (Wildman–Crippen MR) is 82.7 cm³/mol. The Morgan fingerprint density at radius 3 is 2.48 bits per heavy atom. The third kappa shape index (κ3) is 3.26. The Morgan fingerprint density at radius 2 is 2.00 bits per heavy atom. The molecular weight excluding hydrogens is 291 g/mol. The van der Waals surface area contributed by atoms with Crippen LogP contribution in [-0.4, -0.2) is 22.5 Å². The van der Waals surface area contributed by atoms with Gasteiger partial charge >= 0.3 is 5.97 Å². The summed E-state index contributed by atoms with van der Waals surface area (Å²) in [6.45, 7) is 3.85. The lowest BCUT2D eigenvalue weighted by Gasteiger charge is -2.27. The first kappa shape index (κ1) is 15.6. The van der Waals surface area contributed by atoms with Gasteiger partial charge in [0.05, 0.1) is 5.57 Å². The third-order valence-corrected chi connectivity index (χ3v) is 3.83. The van der Waals surface area contributed by atoms with E-state index >= 15 is 0 Å². The van der Waals surface area contributed by atoms with Gasteiger partial charge in [0, 0.05) is 5.70 Å². The summed E-state index contributed by atoms with van der Waals surface area (Å²) in [5.74, 6) is -1.34. The number of nitrogens with zero attached hydrogens (tertiary/aromatic N) is 1. The number of amidine groups is 1. The van der Waals surface area contributed by atoms with E-state index < -0.39 is 12.0 Å². The minimum Gasteiger partial charge on any atom is -0.478 e. The van der Waals surface area contributed by atoms with E-state index in [1.807, 2.05) is 20.1 Å². The molecule has 1 aliphatic heterocycles. The monoisotopic (exact) mass is 308 g/mol. The Labute approximate surface area is 127 Å². The summed E-state index contributed by atoms with van der Waals surface area (Å²) < 4.78 is 13.1. The number of aliphatic carboxylic acids is 1. The van der Waals surface area contributed by atoms with E-state index in [-0.39, 0.29) is 17.3 Å². The Kier molecular flexibility index (Phi) is 4.67. The number of carbonyl (C=O) groups is 1. The molecule has 1 aromatic carbocycles. The number of benzene rings is 1. The lowest BCUT2D eigenvalue weighted by atomic mass is 9.92. The van der Waals surface area contributed by atoms with Crippen LogP contribution in [0.15, 0.2) is 40.5 Å². The van der Waals surface area contributed by atoms with E-state index in [0.717, 1.165) is 0 Å². The van der Waals surface area contributed by atoms with Crippen molar-refractivity contribution < 1.29 is 14.3 Å². The van der Waals surface area contributed by atoms with Crippen LogP contribution in [0.2, 0.25) is 0 Å². The average Bonchev–Trinajstić information content (AvgIpc) is 2.46. The van der Waals surface area contributed by atoms with Gasteiger partial charge in [-0.15, -0.1) is 0 Å². The summed E-state index contributed by atoms with van der Waals surface area (Å²) in [5.41, 5.74) is 1.53. The number of hydrogen-bond acceptors (Lipinski definition) is 4. The van der Waals surface area contributed by atoms with Crippen LogP contribution in [0.5, 0.6) is 0 Å². The second kappa shape index (κ2) is 6.30. The number of carboxylic acid groups (broad SMARTS) is 1. The lowest BCUT2D eigenvalue weighted by molar-refractivity contribution is -0.133. The Balaban J connectivity index is 2.56. The highest BCUT2D eigenvalue weighted by molar-refractivity contribution is 8.13. The average molecular weight is 308 g/mol. The molecule has 1 heterocycles. The van der Waals surface area contributed by atoms with Crippen LogP contribution in [0.25, 0.3) is 0 Å². The molecule has 0 radical (unpaired) electrons. The second-order valence-electron chi connectivity index (χ2n) is 5.00. The van der Waals surface area contributed by atoms with Gasteiger partial charge in [0.1, 0.15) is 11.9 Å². The van der Waals surface area contributed by atoms with Crippen molar-refractivity contribution in [2.24, 2.45) is 10.9 Å². The van der Waals surface area contributed by atoms with E-state index in [1.165, 1.54) is 23.9 Å². The van der Waals surface area contributed by atoms with Gasteiger partial charge in [-0.2, -0.15) is 0 Å². The zero-order valence-corrected chi connectivity index (χ0v) is 12.9. The Bertz CT molecular complexity index is 609. The van der Waals surface area contributed by atoms with Crippen molar-refractivity contribution in [2.45, 2.75) is 19.9 Å². The zero-order chi connectivity index (χ0) is 15.6. The van der Waals surface area contributed by atoms with Crippen LogP contribution in [0.4, 0.5) is 4.39 Å². The van der Waals surface area contributed by atoms with Gasteiger partial charge in [-0.3, -0.25) is 0 Å². The molecule has 0 amide bonds. The first-order chi connectivity index (χ1) is 9.93. The van der Waals surface area contributed by atoms with E-state index in [2.05, 4.69) is 10.3 Å². The van der Waals surface area contributed by atoms with Crippen molar-refractivity contribution in [2.75, 3.05) is 6.26 Å². The number of carboxylic acids is 1. The van der Waals surface area contributed by atoms with Crippen molar-refractivity contribution in [3.05, 3.63) is 46.9 Å². The maximum atomic E-state index is 13.1. The minimum atomic E-state index is -1.01. The zero-order valence-electron chi connectivity index (χ0n) is 12.1. The molecule has 6 heteroatoms. The molecule has 2 N–H and O–H groups in total. The van der Waals surface area contributed by atoms with E-state index in [9.17, 15) is 14.3 Å². The van der Waals surface area contributed by atoms with Gasteiger partial charge in [0.25, 0.3) is 0 Å². The molecular formula is C15H17FN2O2S. The number of nitrogens with one attached hydrogen (secondary N) is 1. The van der Waals surface area contributed by atoms with Crippen molar-refractivity contribution in [3.8, 4) is 0 Å². The number of aliphatic imine (C=N–C) groups is 1. The maximum absolute atomic E-state index is 13.1. The Hall–Kier alpha value is -1.82. The van der Waals surface area contributed by atoms with E-state index in [1.54, 1.807) is 12.1 Å². The highest BCUT2D eigenvalue weighted by Gasteiger charge is 2.31. The van der Waals surface area contributed by atoms with Gasteiger partial charge in [0.15, 0.2) is 5.17 Å². The number of halogens is 1. The number of rotatable bonds is 3. The molecule has 0 aliphatic carbocycles. The quantitative estimate of drug-likeness (QED) is 0.900. The van der Waals surface area contributed by atoms with Crippen molar-refractivity contribution in [1.82, 2.24) is 5.32 Å². The summed E-state index contributed by atoms with van der Waals surface area (Å²) >= 11 is 1.42. The van der Waals surface area contributed by atoms with Gasteiger partial charge in [-0.05, 0) is 29.9 Å². The van der Waals surface area contributed by atoms with Gasteiger partial charge in [-0.25, -0.2) is 14.2 Å². The van der Waals surface area contributed by atoms with Gasteiger partial charge < -0.3 is 10.4 Å². The minimum absolute atomic E-state index is 0.0247. The molecule has 1 unspecified atom stereocenters. The normalized spacial score (nSPS) is 18.5. The van der Waals surface area contributed by atoms with Crippen LogP contribution >= 0.6 is 11.8 Å². The largest absolute Gasteiger partial charge is 0.478 e. The summed E-state index contributed by atoms with van der Waals surface area (Å²) in [4.78, 5) is 16.1. The molecule has 0 bridgehead atoms. The first-order valence-electron chi connectivity index (χ1n) is 6.55. The van der Waals surface area contributed by atoms with Gasteiger partial charge in [0.2, 0.25) is 0 Å². The molecule has 0 aromatic heterocycles. The topological polar surface area (TPSA) is 61.7 Å². The van der Waals surface area contributed by atoms with Crippen LogP contribution < -0.4 is 5.32 Å². The molecule has 112 valence electrons. The van der Waals surface area contributed by atoms with E-state index in [4.69, 9.17) is 0 Å². The predicted octanol–water partition coefficient (Wildman–Crippen LogP) is 3.18. The number of hydrogen-bond donors (Lipinski definition) is 2. The molecule has 0 fully saturated rings. The molecule has 0 saturated heterocycles. The smallest absolute Gasteiger partial charge is 0.335 e. The van der Waals surface area contributed by atoms with Crippen molar-refractivity contribution in [1.29, 1.82) is 0 Å². The lowest BCUT2D eigenvalue weighted by Crippen LogP contribution is -2.33. The van der Waals surface area contributed by atoms with Crippen LogP contribution in [0.3, 0.4) is 0 Å². The molecule has 0 saturated carbocycles. The molecule has 1 atom stereocenters. The third-order valence-electron chi connectivity index (χ3n) is 3.24. The fourth-order valence-electron chi connectivity index (χ4n) is 2.22. The second-order valence-corrected chi connectivity index (χ2v) is 5.80. The molecule has 1 aliphatic rings. The molecule has 1 aromatic rings. The summed E-state index contributed by atoms with van der Waals surface area (Å²) in [6.07, 6.45) is 1.87. The Morgan fingerprint density at radius 1 is 1.38 bits per heavy atom. The van der Waals surface area contributed by atoms with Crippen molar-refractivity contribution in [3.63, 3.8) is 0 Å². The highest BCUT2D eigenvalue weighted by Crippen LogP contribution is 2.34. The van der Waals surface area contributed by atoms with Crippen LogP contribution in [0.1, 0.15) is 25.5 Å². The van der Waals surface area contributed by atoms with Crippen molar-refractivity contribution >= 4 is 22.9 Å². The number of allylic oxidation sites excluding steroid dienone is 1. The highest BCUT2D eigenvalue weighted by atomic mass is 32.2. The standard InChI is InChI=1S/C15H17FN2O2S/c1-8(2)12-11(14(19)20)13(18-15(17-12)21-3)9-4-6-10(16)7-5-9/h4-8,13H,1-3H3,(H,17,18)(H,19,20). The first-order valence-corrected chi connectivity index (χ1v) is 7.78. The van der Waals surface area contributed by atoms with Crippen LogP contribution in [0, 0.1) is 11.7 Å². The summed E-state index contributed by atoms with van der Waals surface area (Å²) in [5, 5.41) is 13.3. The molecule has 2 rings (SSSR count). The number of thioether (sulfide) groups is 1. The molecule has 21 heavy (non-hydrogen) atoms. The fraction of sp³-hybridized carbons (Fsp3) is 0.333. The SMILES string of the molecule is CSC1=NC(c2ccc(F)cc2)C(C(=O)O)=C(C(C)C)N1.